The molecular formula is C16H18Cl2N2OS. The number of carbonyl (C=O) groups excluding carboxylic acids is 1. The highest BCUT2D eigenvalue weighted by molar-refractivity contribution is 7.20. The molecule has 3 nitrogen and oxygen atoms in total. The zero-order valence-electron chi connectivity index (χ0n) is 12.6. The summed E-state index contributed by atoms with van der Waals surface area (Å²) in [6.45, 7) is 1.97. The number of amides is 1. The lowest BCUT2D eigenvalue weighted by molar-refractivity contribution is 0.0732. The van der Waals surface area contributed by atoms with E-state index in [9.17, 15) is 4.79 Å². The molecule has 1 amide bonds. The molecule has 0 fully saturated rings. The van der Waals surface area contributed by atoms with Crippen molar-refractivity contribution in [2.45, 2.75) is 6.54 Å². The predicted octanol–water partition coefficient (Wildman–Crippen LogP) is 4.26. The second-order valence-electron chi connectivity index (χ2n) is 5.25. The van der Waals surface area contributed by atoms with Crippen molar-refractivity contribution >= 4 is 40.4 Å². The Bertz CT molecular complexity index is 628. The van der Waals surface area contributed by atoms with Gasteiger partial charge in [-0.25, -0.2) is 0 Å². The topological polar surface area (TPSA) is 23.6 Å². The van der Waals surface area contributed by atoms with E-state index in [1.165, 1.54) is 11.3 Å². The van der Waals surface area contributed by atoms with Gasteiger partial charge in [0.15, 0.2) is 0 Å². The lowest BCUT2D eigenvalue weighted by atomic mass is 10.2. The average Bonchev–Trinajstić information content (AvgIpc) is 2.82. The molecule has 0 unspecified atom stereocenters. The molecule has 1 heterocycles. The summed E-state index contributed by atoms with van der Waals surface area (Å²) in [6, 6.07) is 11.6. The Labute approximate surface area is 145 Å². The number of carbonyl (C=O) groups is 1. The van der Waals surface area contributed by atoms with E-state index < -0.39 is 0 Å². The summed E-state index contributed by atoms with van der Waals surface area (Å²) in [7, 11) is 3.97. The van der Waals surface area contributed by atoms with Crippen molar-refractivity contribution in [2.24, 2.45) is 0 Å². The monoisotopic (exact) mass is 356 g/mol. The summed E-state index contributed by atoms with van der Waals surface area (Å²) in [5.74, 6) is -0.0844. The smallest absolute Gasteiger partial charge is 0.256 e. The van der Waals surface area contributed by atoms with Gasteiger partial charge in [0.1, 0.15) is 4.34 Å². The number of thiophene rings is 1. The molecule has 1 aromatic carbocycles. The van der Waals surface area contributed by atoms with Gasteiger partial charge >= 0.3 is 0 Å². The molecule has 2 rings (SSSR count). The fourth-order valence-electron chi connectivity index (χ4n) is 2.03. The van der Waals surface area contributed by atoms with Gasteiger partial charge in [-0.1, -0.05) is 53.5 Å². The first kappa shape index (κ1) is 17.3. The van der Waals surface area contributed by atoms with Gasteiger partial charge in [-0.05, 0) is 25.7 Å². The second kappa shape index (κ2) is 7.97. The fraction of sp³-hybridized carbons (Fsp3) is 0.312. The molecule has 0 radical (unpaired) electrons. The summed E-state index contributed by atoms with van der Waals surface area (Å²) in [5, 5.41) is 0. The molecule has 0 aliphatic heterocycles. The lowest BCUT2D eigenvalue weighted by Gasteiger charge is -2.24. The molecule has 0 atom stereocenters. The minimum absolute atomic E-state index is 0.0844. The van der Waals surface area contributed by atoms with Gasteiger partial charge in [0.25, 0.3) is 5.91 Å². The number of hydrogen-bond acceptors (Lipinski definition) is 3. The third kappa shape index (κ3) is 4.71. The number of benzene rings is 1. The van der Waals surface area contributed by atoms with E-state index in [2.05, 4.69) is 0 Å². The molecule has 0 saturated carbocycles. The van der Waals surface area contributed by atoms with Crippen molar-refractivity contribution in [2.75, 3.05) is 27.2 Å². The Balaban J connectivity index is 2.19. The molecule has 2 aromatic rings. The molecule has 0 N–H and O–H groups in total. The van der Waals surface area contributed by atoms with Crippen LogP contribution in [0.3, 0.4) is 0 Å². The second-order valence-corrected chi connectivity index (χ2v) is 7.54. The number of hydrogen-bond donors (Lipinski definition) is 0. The van der Waals surface area contributed by atoms with Crippen LogP contribution in [0, 0.1) is 0 Å². The normalized spacial score (nSPS) is 11.0. The Hall–Kier alpha value is -1.07. The van der Waals surface area contributed by atoms with Crippen molar-refractivity contribution in [3.63, 3.8) is 0 Å². The van der Waals surface area contributed by atoms with Gasteiger partial charge in [-0.2, -0.15) is 0 Å². The highest BCUT2D eigenvalue weighted by atomic mass is 35.5. The fourth-order valence-corrected chi connectivity index (χ4v) is 3.48. The molecule has 118 valence electrons. The van der Waals surface area contributed by atoms with Crippen LogP contribution in [-0.4, -0.2) is 42.9 Å². The zero-order chi connectivity index (χ0) is 16.1. The third-order valence-electron chi connectivity index (χ3n) is 3.21. The van der Waals surface area contributed by atoms with Crippen molar-refractivity contribution < 1.29 is 4.79 Å². The summed E-state index contributed by atoms with van der Waals surface area (Å²) in [5.41, 5.74) is 1.57. The van der Waals surface area contributed by atoms with Crippen LogP contribution in [0.5, 0.6) is 0 Å². The van der Waals surface area contributed by atoms with Gasteiger partial charge in [0.2, 0.25) is 0 Å². The van der Waals surface area contributed by atoms with E-state index in [0.717, 1.165) is 12.1 Å². The van der Waals surface area contributed by atoms with E-state index in [-0.39, 0.29) is 5.91 Å². The lowest BCUT2D eigenvalue weighted by Crippen LogP contribution is -2.36. The van der Waals surface area contributed by atoms with E-state index in [4.69, 9.17) is 23.2 Å². The Kier molecular flexibility index (Phi) is 6.26. The van der Waals surface area contributed by atoms with Crippen LogP contribution in [0.2, 0.25) is 8.67 Å². The summed E-state index contributed by atoms with van der Waals surface area (Å²) in [6.07, 6.45) is 0. The highest BCUT2D eigenvalue weighted by Gasteiger charge is 2.21. The average molecular weight is 357 g/mol. The van der Waals surface area contributed by atoms with Gasteiger partial charge < -0.3 is 9.80 Å². The van der Waals surface area contributed by atoms with Crippen molar-refractivity contribution in [1.82, 2.24) is 9.80 Å². The van der Waals surface area contributed by atoms with Crippen LogP contribution >= 0.6 is 34.5 Å². The highest BCUT2D eigenvalue weighted by Crippen LogP contribution is 2.32. The quantitative estimate of drug-likeness (QED) is 0.771. The van der Waals surface area contributed by atoms with Crippen LogP contribution in [0.15, 0.2) is 36.4 Å². The summed E-state index contributed by atoms with van der Waals surface area (Å²) in [4.78, 5) is 16.6. The summed E-state index contributed by atoms with van der Waals surface area (Å²) >= 11 is 13.3. The van der Waals surface area contributed by atoms with Gasteiger partial charge in [0.05, 0.1) is 9.90 Å². The van der Waals surface area contributed by atoms with Gasteiger partial charge in [0, 0.05) is 19.6 Å². The molecule has 1 aromatic heterocycles. The minimum atomic E-state index is -0.0844. The molecule has 22 heavy (non-hydrogen) atoms. The van der Waals surface area contributed by atoms with Crippen LogP contribution in [-0.2, 0) is 6.54 Å². The standard InChI is InChI=1S/C16H18Cl2N2OS/c1-19(2)8-9-20(11-12-6-4-3-5-7-12)16(21)13-10-14(17)22-15(13)18/h3-7,10H,8-9,11H2,1-2H3. The van der Waals surface area contributed by atoms with Crippen molar-refractivity contribution in [3.05, 3.63) is 56.2 Å². The molecule has 0 spiro atoms. The first-order valence-corrected chi connectivity index (χ1v) is 8.47. The SMILES string of the molecule is CN(C)CCN(Cc1ccccc1)C(=O)c1cc(Cl)sc1Cl. The maximum absolute atomic E-state index is 12.8. The molecular weight excluding hydrogens is 339 g/mol. The Morgan fingerprint density at radius 3 is 2.36 bits per heavy atom. The predicted molar refractivity (Wildman–Crippen MR) is 94.1 cm³/mol. The summed E-state index contributed by atoms with van der Waals surface area (Å²) < 4.78 is 0.971. The zero-order valence-corrected chi connectivity index (χ0v) is 14.9. The Morgan fingerprint density at radius 1 is 1.14 bits per heavy atom. The first-order valence-electron chi connectivity index (χ1n) is 6.90. The van der Waals surface area contributed by atoms with Gasteiger partial charge in [-0.3, -0.25) is 4.79 Å². The number of nitrogens with zero attached hydrogens (tertiary/aromatic N) is 2. The largest absolute Gasteiger partial charge is 0.333 e. The van der Waals surface area contributed by atoms with Crippen LogP contribution in [0.4, 0.5) is 0 Å². The molecule has 0 aliphatic rings. The van der Waals surface area contributed by atoms with Crippen molar-refractivity contribution in [3.8, 4) is 0 Å². The van der Waals surface area contributed by atoms with Gasteiger partial charge in [-0.15, -0.1) is 11.3 Å². The number of rotatable bonds is 6. The Morgan fingerprint density at radius 2 is 1.82 bits per heavy atom. The number of likely N-dealkylation sites (N-methyl/N-ethyl adjacent to an activating group) is 1. The van der Waals surface area contributed by atoms with Crippen LogP contribution < -0.4 is 0 Å². The van der Waals surface area contributed by atoms with Crippen LogP contribution in [0.25, 0.3) is 0 Å². The maximum Gasteiger partial charge on any atom is 0.256 e. The van der Waals surface area contributed by atoms with E-state index in [1.807, 2.05) is 49.3 Å². The van der Waals surface area contributed by atoms with E-state index in [0.29, 0.717) is 27.3 Å². The minimum Gasteiger partial charge on any atom is -0.333 e. The van der Waals surface area contributed by atoms with E-state index >= 15 is 0 Å². The maximum atomic E-state index is 12.8. The molecule has 0 aliphatic carbocycles. The first-order chi connectivity index (χ1) is 10.5. The molecule has 0 bridgehead atoms. The molecule has 6 heteroatoms. The molecule has 0 saturated heterocycles. The van der Waals surface area contributed by atoms with Crippen LogP contribution in [0.1, 0.15) is 15.9 Å². The van der Waals surface area contributed by atoms with E-state index in [1.54, 1.807) is 11.0 Å². The third-order valence-corrected chi connectivity index (χ3v) is 4.70. The number of halogens is 2. The van der Waals surface area contributed by atoms with Crippen molar-refractivity contribution in [1.29, 1.82) is 0 Å².